The van der Waals surface area contributed by atoms with Crippen LogP contribution >= 0.6 is 0 Å². The van der Waals surface area contributed by atoms with Gasteiger partial charge in [-0.2, -0.15) is 0 Å². The SMILES string of the molecule is CCN(CC(C)C)C(=O)NC1(C(=O)O)CCOCC1. The number of carboxylic acids is 1. The highest BCUT2D eigenvalue weighted by Crippen LogP contribution is 2.21. The second-order valence-corrected chi connectivity index (χ2v) is 5.36. The van der Waals surface area contributed by atoms with Gasteiger partial charge in [0.2, 0.25) is 0 Å². The smallest absolute Gasteiger partial charge is 0.329 e. The number of carbonyl (C=O) groups excluding carboxylic acids is 1. The zero-order valence-electron chi connectivity index (χ0n) is 11.9. The van der Waals surface area contributed by atoms with Crippen LogP contribution in [0.25, 0.3) is 0 Å². The average Bonchev–Trinajstić information content (AvgIpc) is 2.36. The third-order valence-corrected chi connectivity index (χ3v) is 3.36. The number of amides is 2. The Bertz CT molecular complexity index is 325. The Labute approximate surface area is 114 Å². The highest BCUT2D eigenvalue weighted by molar-refractivity contribution is 5.86. The molecular formula is C13H24N2O4. The molecule has 0 spiro atoms. The molecule has 0 bridgehead atoms. The fraction of sp³-hybridized carbons (Fsp3) is 0.846. The van der Waals surface area contributed by atoms with E-state index in [1.807, 2.05) is 20.8 Å². The molecule has 1 fully saturated rings. The molecule has 6 nitrogen and oxygen atoms in total. The second-order valence-electron chi connectivity index (χ2n) is 5.36. The van der Waals surface area contributed by atoms with Crippen molar-refractivity contribution < 1.29 is 19.4 Å². The summed E-state index contributed by atoms with van der Waals surface area (Å²) in [4.78, 5) is 25.3. The molecule has 1 aliphatic rings. The Morgan fingerprint density at radius 2 is 1.95 bits per heavy atom. The highest BCUT2D eigenvalue weighted by atomic mass is 16.5. The van der Waals surface area contributed by atoms with Crippen molar-refractivity contribution in [2.75, 3.05) is 26.3 Å². The number of rotatable bonds is 5. The molecule has 0 aliphatic carbocycles. The maximum absolute atomic E-state index is 12.2. The molecule has 2 amide bonds. The van der Waals surface area contributed by atoms with Crippen LogP contribution < -0.4 is 5.32 Å². The summed E-state index contributed by atoms with van der Waals surface area (Å²) in [5.74, 6) is -0.633. The van der Waals surface area contributed by atoms with Gasteiger partial charge in [0.15, 0.2) is 0 Å². The molecule has 0 saturated carbocycles. The molecule has 110 valence electrons. The zero-order chi connectivity index (χ0) is 14.5. The van der Waals surface area contributed by atoms with Crippen LogP contribution in [0.2, 0.25) is 0 Å². The van der Waals surface area contributed by atoms with Crippen molar-refractivity contribution in [3.63, 3.8) is 0 Å². The van der Waals surface area contributed by atoms with E-state index < -0.39 is 11.5 Å². The molecule has 6 heteroatoms. The monoisotopic (exact) mass is 272 g/mol. The van der Waals surface area contributed by atoms with Crippen LogP contribution in [0.4, 0.5) is 4.79 Å². The minimum absolute atomic E-state index is 0.305. The van der Waals surface area contributed by atoms with Gasteiger partial charge in [0, 0.05) is 39.1 Å². The Kier molecular flexibility index (Phi) is 5.60. The van der Waals surface area contributed by atoms with Gasteiger partial charge in [0.25, 0.3) is 0 Å². The average molecular weight is 272 g/mol. The van der Waals surface area contributed by atoms with E-state index in [9.17, 15) is 14.7 Å². The molecule has 0 unspecified atom stereocenters. The maximum atomic E-state index is 12.2. The van der Waals surface area contributed by atoms with E-state index in [1.54, 1.807) is 4.90 Å². The predicted molar refractivity (Wildman–Crippen MR) is 71.0 cm³/mol. The van der Waals surface area contributed by atoms with Gasteiger partial charge in [0.1, 0.15) is 5.54 Å². The fourth-order valence-corrected chi connectivity index (χ4v) is 2.19. The summed E-state index contributed by atoms with van der Waals surface area (Å²) >= 11 is 0. The van der Waals surface area contributed by atoms with Crippen LogP contribution in [0.15, 0.2) is 0 Å². The normalized spacial score (nSPS) is 18.1. The third kappa shape index (κ3) is 4.09. The Morgan fingerprint density at radius 3 is 2.37 bits per heavy atom. The van der Waals surface area contributed by atoms with E-state index in [-0.39, 0.29) is 6.03 Å². The summed E-state index contributed by atoms with van der Waals surface area (Å²) < 4.78 is 5.18. The second kappa shape index (κ2) is 6.75. The summed E-state index contributed by atoms with van der Waals surface area (Å²) in [5, 5.41) is 12.1. The molecule has 0 radical (unpaired) electrons. The van der Waals surface area contributed by atoms with E-state index in [0.29, 0.717) is 45.1 Å². The fourth-order valence-electron chi connectivity index (χ4n) is 2.19. The zero-order valence-corrected chi connectivity index (χ0v) is 11.9. The van der Waals surface area contributed by atoms with Gasteiger partial charge in [0.05, 0.1) is 0 Å². The van der Waals surface area contributed by atoms with Crippen molar-refractivity contribution in [2.45, 2.75) is 39.2 Å². The largest absolute Gasteiger partial charge is 0.480 e. The van der Waals surface area contributed by atoms with Gasteiger partial charge in [-0.15, -0.1) is 0 Å². The van der Waals surface area contributed by atoms with Crippen molar-refractivity contribution in [1.29, 1.82) is 0 Å². The molecular weight excluding hydrogens is 248 g/mol. The van der Waals surface area contributed by atoms with Gasteiger partial charge in [-0.05, 0) is 12.8 Å². The van der Waals surface area contributed by atoms with E-state index in [4.69, 9.17) is 4.74 Å². The number of hydrogen-bond acceptors (Lipinski definition) is 3. The lowest BCUT2D eigenvalue weighted by molar-refractivity contribution is -0.148. The van der Waals surface area contributed by atoms with Crippen LogP contribution in [0, 0.1) is 5.92 Å². The number of nitrogens with zero attached hydrogens (tertiary/aromatic N) is 1. The molecule has 1 aliphatic heterocycles. The minimum atomic E-state index is -1.18. The van der Waals surface area contributed by atoms with Crippen LogP contribution in [-0.4, -0.2) is 53.8 Å². The van der Waals surface area contributed by atoms with E-state index >= 15 is 0 Å². The number of ether oxygens (including phenoxy) is 1. The first kappa shape index (κ1) is 15.8. The standard InChI is InChI=1S/C13H24N2O4/c1-4-15(9-10(2)3)12(18)14-13(11(16)17)5-7-19-8-6-13/h10H,4-9H2,1-3H3,(H,14,18)(H,16,17). The van der Waals surface area contributed by atoms with E-state index in [2.05, 4.69) is 5.32 Å². The van der Waals surface area contributed by atoms with E-state index in [1.165, 1.54) is 0 Å². The number of hydrogen-bond donors (Lipinski definition) is 2. The number of nitrogens with one attached hydrogen (secondary N) is 1. The van der Waals surface area contributed by atoms with Crippen LogP contribution in [0.3, 0.4) is 0 Å². The number of urea groups is 1. The van der Waals surface area contributed by atoms with Crippen molar-refractivity contribution in [3.8, 4) is 0 Å². The summed E-state index contributed by atoms with van der Waals surface area (Å²) in [6.07, 6.45) is 0.626. The number of carbonyl (C=O) groups is 2. The first-order chi connectivity index (χ1) is 8.91. The molecule has 0 aromatic heterocycles. The summed E-state index contributed by atoms with van der Waals surface area (Å²) in [6.45, 7) is 7.85. The van der Waals surface area contributed by atoms with Gasteiger partial charge < -0.3 is 20.1 Å². The van der Waals surface area contributed by atoms with Crippen molar-refractivity contribution in [1.82, 2.24) is 10.2 Å². The lowest BCUT2D eigenvalue weighted by atomic mass is 9.90. The first-order valence-electron chi connectivity index (χ1n) is 6.79. The first-order valence-corrected chi connectivity index (χ1v) is 6.79. The molecule has 1 saturated heterocycles. The molecule has 0 atom stereocenters. The Balaban J connectivity index is 2.72. The third-order valence-electron chi connectivity index (χ3n) is 3.36. The minimum Gasteiger partial charge on any atom is -0.480 e. The Morgan fingerprint density at radius 1 is 1.37 bits per heavy atom. The lowest BCUT2D eigenvalue weighted by Crippen LogP contribution is -2.60. The molecule has 0 aromatic rings. The molecule has 19 heavy (non-hydrogen) atoms. The lowest BCUT2D eigenvalue weighted by Gasteiger charge is -2.36. The Hall–Kier alpha value is -1.30. The number of aliphatic carboxylic acids is 1. The van der Waals surface area contributed by atoms with Crippen LogP contribution in [-0.2, 0) is 9.53 Å². The van der Waals surface area contributed by atoms with Crippen molar-refractivity contribution in [2.24, 2.45) is 5.92 Å². The molecule has 0 aromatic carbocycles. The van der Waals surface area contributed by atoms with Gasteiger partial charge >= 0.3 is 12.0 Å². The van der Waals surface area contributed by atoms with E-state index in [0.717, 1.165) is 0 Å². The summed E-state index contributed by atoms with van der Waals surface area (Å²) in [6, 6.07) is -0.305. The van der Waals surface area contributed by atoms with Gasteiger partial charge in [-0.3, -0.25) is 0 Å². The highest BCUT2D eigenvalue weighted by Gasteiger charge is 2.42. The van der Waals surface area contributed by atoms with Crippen LogP contribution in [0.5, 0.6) is 0 Å². The van der Waals surface area contributed by atoms with Crippen molar-refractivity contribution in [3.05, 3.63) is 0 Å². The van der Waals surface area contributed by atoms with Gasteiger partial charge in [-0.1, -0.05) is 13.8 Å². The maximum Gasteiger partial charge on any atom is 0.329 e. The van der Waals surface area contributed by atoms with Crippen molar-refractivity contribution >= 4 is 12.0 Å². The molecule has 1 heterocycles. The predicted octanol–water partition coefficient (Wildman–Crippen LogP) is 1.31. The number of carboxylic acid groups (broad SMARTS) is 1. The topological polar surface area (TPSA) is 78.9 Å². The summed E-state index contributed by atoms with van der Waals surface area (Å²) in [7, 11) is 0. The molecule has 2 N–H and O–H groups in total. The quantitative estimate of drug-likeness (QED) is 0.791. The summed E-state index contributed by atoms with van der Waals surface area (Å²) in [5.41, 5.74) is -1.18. The van der Waals surface area contributed by atoms with Gasteiger partial charge in [-0.25, -0.2) is 9.59 Å². The van der Waals surface area contributed by atoms with Crippen LogP contribution in [0.1, 0.15) is 33.6 Å². The molecule has 1 rings (SSSR count).